The summed E-state index contributed by atoms with van der Waals surface area (Å²) in [5.74, 6) is -1.99. The summed E-state index contributed by atoms with van der Waals surface area (Å²) in [4.78, 5) is 21.8. The molecule has 0 radical (unpaired) electrons. The zero-order valence-electron chi connectivity index (χ0n) is 6.86. The quantitative estimate of drug-likeness (QED) is 0.467. The number of nitrogens with zero attached hydrogens (tertiary/aromatic N) is 1. The van der Waals surface area contributed by atoms with E-state index in [4.69, 9.17) is 0 Å². The van der Waals surface area contributed by atoms with Gasteiger partial charge in [0.2, 0.25) is 0 Å². The third kappa shape index (κ3) is 3.27. The molecular weight excluding hydrogens is 270 g/mol. The maximum Gasteiger partial charge on any atom is 0.329 e. The molecule has 74 valence electrons. The minimum Gasteiger partial charge on any atom is -0.361 e. The fourth-order valence-corrected chi connectivity index (χ4v) is 1.90. The van der Waals surface area contributed by atoms with Crippen LogP contribution in [0, 0.1) is 0 Å². The molecule has 1 aromatic heterocycles. The Balaban J connectivity index is 2.49. The fraction of sp³-hybridized carbons (Fsp3) is 0. The molecule has 0 aliphatic rings. The van der Waals surface area contributed by atoms with Gasteiger partial charge >= 0.3 is 11.8 Å². The standard InChI is InChI=1S/C7H6BrN3O2S/c8-5-2-1-4(14-5)3-10-11-7(13)6(9)12/h1-3H,(H2,9,12)(H,11,13)/b10-3+. The summed E-state index contributed by atoms with van der Waals surface area (Å²) in [6.45, 7) is 0. The molecule has 0 aliphatic heterocycles. The van der Waals surface area contributed by atoms with Crippen molar-refractivity contribution in [2.45, 2.75) is 0 Å². The molecule has 2 amide bonds. The zero-order valence-corrected chi connectivity index (χ0v) is 9.26. The molecule has 14 heavy (non-hydrogen) atoms. The second-order valence-electron chi connectivity index (χ2n) is 2.21. The van der Waals surface area contributed by atoms with Crippen LogP contribution in [-0.2, 0) is 9.59 Å². The molecule has 5 nitrogen and oxygen atoms in total. The Morgan fingerprint density at radius 1 is 1.57 bits per heavy atom. The van der Waals surface area contributed by atoms with Crippen molar-refractivity contribution in [3.63, 3.8) is 0 Å². The van der Waals surface area contributed by atoms with Gasteiger partial charge in [-0.05, 0) is 28.1 Å². The number of hydrogen-bond donors (Lipinski definition) is 2. The number of amides is 2. The van der Waals surface area contributed by atoms with Gasteiger partial charge in [-0.15, -0.1) is 11.3 Å². The predicted molar refractivity (Wildman–Crippen MR) is 57.0 cm³/mol. The topological polar surface area (TPSA) is 84.5 Å². The molecule has 0 saturated heterocycles. The first-order chi connectivity index (χ1) is 6.59. The average Bonchev–Trinajstić information content (AvgIpc) is 2.51. The number of carbonyl (C=O) groups excluding carboxylic acids is 2. The molecule has 1 aromatic rings. The van der Waals surface area contributed by atoms with Crippen LogP contribution in [-0.4, -0.2) is 18.0 Å². The molecule has 3 N–H and O–H groups in total. The number of carbonyl (C=O) groups is 2. The Bertz CT molecular complexity index is 388. The number of hydrogen-bond acceptors (Lipinski definition) is 4. The number of primary amides is 1. The highest BCUT2D eigenvalue weighted by molar-refractivity contribution is 9.11. The minimum absolute atomic E-state index is 0.849. The number of halogens is 1. The van der Waals surface area contributed by atoms with E-state index in [1.165, 1.54) is 17.6 Å². The van der Waals surface area contributed by atoms with Gasteiger partial charge in [-0.2, -0.15) is 5.10 Å². The Morgan fingerprint density at radius 3 is 2.79 bits per heavy atom. The van der Waals surface area contributed by atoms with Crippen LogP contribution in [0.5, 0.6) is 0 Å². The van der Waals surface area contributed by atoms with Crippen molar-refractivity contribution in [1.82, 2.24) is 5.43 Å². The van der Waals surface area contributed by atoms with Crippen molar-refractivity contribution in [3.8, 4) is 0 Å². The molecule has 0 spiro atoms. The smallest absolute Gasteiger partial charge is 0.329 e. The van der Waals surface area contributed by atoms with Gasteiger partial charge in [0, 0.05) is 4.88 Å². The molecule has 0 atom stereocenters. The summed E-state index contributed by atoms with van der Waals surface area (Å²) in [6.07, 6.45) is 1.43. The second kappa shape index (κ2) is 4.87. The summed E-state index contributed by atoms with van der Waals surface area (Å²) in [5, 5.41) is 3.54. The first-order valence-electron chi connectivity index (χ1n) is 3.48. The fourth-order valence-electron chi connectivity index (χ4n) is 0.607. The van der Waals surface area contributed by atoms with Gasteiger partial charge in [-0.3, -0.25) is 9.59 Å². The summed E-state index contributed by atoms with van der Waals surface area (Å²) < 4.78 is 0.958. The van der Waals surface area contributed by atoms with E-state index in [-0.39, 0.29) is 0 Å². The average molecular weight is 276 g/mol. The van der Waals surface area contributed by atoms with Crippen molar-refractivity contribution >= 4 is 45.3 Å². The minimum atomic E-state index is -1.06. The molecule has 0 saturated carbocycles. The van der Waals surface area contributed by atoms with Crippen molar-refractivity contribution < 1.29 is 9.59 Å². The van der Waals surface area contributed by atoms with Gasteiger partial charge in [-0.25, -0.2) is 5.43 Å². The summed E-state index contributed by atoms with van der Waals surface area (Å²) >= 11 is 4.72. The Morgan fingerprint density at radius 2 is 2.29 bits per heavy atom. The van der Waals surface area contributed by atoms with Gasteiger partial charge in [0.15, 0.2) is 0 Å². The zero-order chi connectivity index (χ0) is 10.6. The normalized spacial score (nSPS) is 10.4. The van der Waals surface area contributed by atoms with Crippen LogP contribution in [0.1, 0.15) is 4.88 Å². The molecular formula is C7H6BrN3O2S. The lowest BCUT2D eigenvalue weighted by Crippen LogP contribution is -2.32. The molecule has 0 aliphatic carbocycles. The molecule has 0 bridgehead atoms. The second-order valence-corrected chi connectivity index (χ2v) is 4.70. The van der Waals surface area contributed by atoms with Gasteiger partial charge < -0.3 is 5.73 Å². The van der Waals surface area contributed by atoms with Gasteiger partial charge in [0.05, 0.1) is 10.0 Å². The van der Waals surface area contributed by atoms with Gasteiger partial charge in [-0.1, -0.05) is 0 Å². The number of hydrazone groups is 1. The van der Waals surface area contributed by atoms with E-state index in [2.05, 4.69) is 26.8 Å². The lowest BCUT2D eigenvalue weighted by atomic mass is 10.5. The van der Waals surface area contributed by atoms with E-state index in [1.54, 1.807) is 0 Å². The van der Waals surface area contributed by atoms with E-state index in [0.29, 0.717) is 0 Å². The highest BCUT2D eigenvalue weighted by Gasteiger charge is 2.05. The van der Waals surface area contributed by atoms with E-state index in [0.717, 1.165) is 8.66 Å². The summed E-state index contributed by atoms with van der Waals surface area (Å²) in [5.41, 5.74) is 6.68. The highest BCUT2D eigenvalue weighted by atomic mass is 79.9. The Labute approximate surface area is 92.1 Å². The van der Waals surface area contributed by atoms with E-state index in [1.807, 2.05) is 17.6 Å². The van der Waals surface area contributed by atoms with E-state index < -0.39 is 11.8 Å². The predicted octanol–water partition coefficient (Wildman–Crippen LogP) is 0.446. The van der Waals surface area contributed by atoms with Crippen molar-refractivity contribution in [2.24, 2.45) is 10.8 Å². The number of rotatable bonds is 2. The maximum absolute atomic E-state index is 10.6. The molecule has 0 aromatic carbocycles. The Kier molecular flexibility index (Phi) is 3.78. The molecule has 0 fully saturated rings. The van der Waals surface area contributed by atoms with Crippen LogP contribution in [0.2, 0.25) is 0 Å². The van der Waals surface area contributed by atoms with Crippen LogP contribution in [0.3, 0.4) is 0 Å². The first kappa shape index (κ1) is 10.9. The van der Waals surface area contributed by atoms with Crippen LogP contribution in [0.15, 0.2) is 21.0 Å². The number of nitrogens with two attached hydrogens (primary N) is 1. The van der Waals surface area contributed by atoms with Crippen molar-refractivity contribution in [2.75, 3.05) is 0 Å². The summed E-state index contributed by atoms with van der Waals surface area (Å²) in [6, 6.07) is 3.66. The molecule has 0 unspecified atom stereocenters. The maximum atomic E-state index is 10.6. The molecule has 1 heterocycles. The van der Waals surface area contributed by atoms with Crippen LogP contribution >= 0.6 is 27.3 Å². The van der Waals surface area contributed by atoms with Crippen molar-refractivity contribution in [3.05, 3.63) is 20.8 Å². The molecule has 1 rings (SSSR count). The number of thiophene rings is 1. The largest absolute Gasteiger partial charge is 0.361 e. The van der Waals surface area contributed by atoms with Crippen LogP contribution in [0.4, 0.5) is 0 Å². The van der Waals surface area contributed by atoms with Crippen molar-refractivity contribution in [1.29, 1.82) is 0 Å². The third-order valence-electron chi connectivity index (χ3n) is 1.18. The van der Waals surface area contributed by atoms with Gasteiger partial charge in [0.1, 0.15) is 0 Å². The monoisotopic (exact) mass is 275 g/mol. The third-order valence-corrected chi connectivity index (χ3v) is 2.73. The van der Waals surface area contributed by atoms with Crippen LogP contribution < -0.4 is 11.2 Å². The molecule has 7 heteroatoms. The summed E-state index contributed by atoms with van der Waals surface area (Å²) in [7, 11) is 0. The van der Waals surface area contributed by atoms with Gasteiger partial charge in [0.25, 0.3) is 0 Å². The lowest BCUT2D eigenvalue weighted by Gasteiger charge is -1.91. The SMILES string of the molecule is NC(=O)C(=O)N/N=C/c1ccc(Br)s1. The Hall–Kier alpha value is -1.21. The van der Waals surface area contributed by atoms with E-state index >= 15 is 0 Å². The van der Waals surface area contributed by atoms with E-state index in [9.17, 15) is 9.59 Å². The lowest BCUT2D eigenvalue weighted by molar-refractivity contribution is -0.137. The number of nitrogens with one attached hydrogen (secondary N) is 1. The van der Waals surface area contributed by atoms with Crippen LogP contribution in [0.25, 0.3) is 0 Å². The highest BCUT2D eigenvalue weighted by Crippen LogP contribution is 2.20. The first-order valence-corrected chi connectivity index (χ1v) is 5.08.